The van der Waals surface area contributed by atoms with Crippen molar-refractivity contribution in [3.05, 3.63) is 72.3 Å². The molecule has 25 heavy (non-hydrogen) atoms. The molecule has 0 saturated carbocycles. The first-order chi connectivity index (χ1) is 12.3. The maximum atomic E-state index is 6.05. The third-order valence-electron chi connectivity index (χ3n) is 4.27. The van der Waals surface area contributed by atoms with Crippen LogP contribution in [-0.4, -0.2) is 29.4 Å². The van der Waals surface area contributed by atoms with E-state index >= 15 is 0 Å². The third kappa shape index (κ3) is 3.45. The van der Waals surface area contributed by atoms with E-state index in [2.05, 4.69) is 15.6 Å². The van der Waals surface area contributed by atoms with Crippen LogP contribution in [-0.2, 0) is 13.0 Å². The summed E-state index contributed by atoms with van der Waals surface area (Å²) in [5, 5.41) is 0. The summed E-state index contributed by atoms with van der Waals surface area (Å²) in [6, 6.07) is 15.8. The van der Waals surface area contributed by atoms with Gasteiger partial charge in [0.25, 0.3) is 0 Å². The predicted molar refractivity (Wildman–Crippen MR) is 94.4 cm³/mol. The number of aromatic nitrogens is 2. The molecule has 1 unspecified atom stereocenters. The zero-order valence-corrected chi connectivity index (χ0v) is 14.1. The Hall–Kier alpha value is -2.95. The van der Waals surface area contributed by atoms with Gasteiger partial charge in [-0.05, 0) is 29.8 Å². The summed E-state index contributed by atoms with van der Waals surface area (Å²) in [5.41, 5.74) is 1.17. The molecule has 0 bridgehead atoms. The van der Waals surface area contributed by atoms with E-state index in [0.717, 1.165) is 29.6 Å². The zero-order chi connectivity index (χ0) is 17.1. The minimum atomic E-state index is -0.0404. The van der Waals surface area contributed by atoms with Gasteiger partial charge in [-0.25, -0.2) is 4.98 Å². The van der Waals surface area contributed by atoms with Crippen molar-refractivity contribution < 1.29 is 14.2 Å². The van der Waals surface area contributed by atoms with Gasteiger partial charge >= 0.3 is 0 Å². The second kappa shape index (κ2) is 6.89. The Morgan fingerprint density at radius 1 is 1.16 bits per heavy atom. The van der Waals surface area contributed by atoms with Gasteiger partial charge in [0.2, 0.25) is 0 Å². The first-order valence-electron chi connectivity index (χ1n) is 8.33. The molecule has 5 heteroatoms. The molecule has 1 aromatic heterocycles. The van der Waals surface area contributed by atoms with E-state index in [1.807, 2.05) is 54.9 Å². The van der Waals surface area contributed by atoms with E-state index in [4.69, 9.17) is 14.2 Å². The van der Waals surface area contributed by atoms with E-state index in [1.54, 1.807) is 7.11 Å². The molecule has 0 aliphatic carbocycles. The van der Waals surface area contributed by atoms with Crippen LogP contribution in [0.3, 0.4) is 0 Å². The molecule has 2 aromatic carbocycles. The summed E-state index contributed by atoms with van der Waals surface area (Å²) in [6.45, 7) is 1.28. The van der Waals surface area contributed by atoms with Gasteiger partial charge in [-0.2, -0.15) is 0 Å². The topological polar surface area (TPSA) is 45.5 Å². The monoisotopic (exact) mass is 336 g/mol. The molecule has 0 fully saturated rings. The number of benzene rings is 2. The van der Waals surface area contributed by atoms with Gasteiger partial charge in [0.05, 0.1) is 7.11 Å². The fourth-order valence-corrected chi connectivity index (χ4v) is 3.01. The molecule has 1 aliphatic heterocycles. The van der Waals surface area contributed by atoms with Crippen LogP contribution in [0.4, 0.5) is 0 Å². The number of imidazole rings is 1. The Morgan fingerprint density at radius 2 is 2.04 bits per heavy atom. The Bertz CT molecular complexity index is 859. The van der Waals surface area contributed by atoms with Crippen LogP contribution in [0.5, 0.6) is 17.2 Å². The quantitative estimate of drug-likeness (QED) is 0.717. The number of nitrogens with zero attached hydrogens (tertiary/aromatic N) is 2. The van der Waals surface area contributed by atoms with Crippen molar-refractivity contribution >= 4 is 0 Å². The molecule has 0 amide bonds. The van der Waals surface area contributed by atoms with Gasteiger partial charge in [-0.1, -0.05) is 24.3 Å². The SMILES string of the molecule is COc1cccc(Cn2ccnc2CC2COc3ccccc3O2)c1. The van der Waals surface area contributed by atoms with Crippen molar-refractivity contribution in [2.75, 3.05) is 13.7 Å². The Balaban J connectivity index is 1.47. The smallest absolute Gasteiger partial charge is 0.161 e. The normalized spacial score (nSPS) is 15.8. The molecule has 0 saturated heterocycles. The number of rotatable bonds is 5. The lowest BCUT2D eigenvalue weighted by Crippen LogP contribution is -2.32. The van der Waals surface area contributed by atoms with E-state index in [1.165, 1.54) is 5.56 Å². The van der Waals surface area contributed by atoms with E-state index in [-0.39, 0.29) is 6.10 Å². The van der Waals surface area contributed by atoms with Crippen LogP contribution in [0.25, 0.3) is 0 Å². The molecular formula is C20H20N2O3. The summed E-state index contributed by atoms with van der Waals surface area (Å²) < 4.78 is 19.3. The molecule has 2 heterocycles. The number of para-hydroxylation sites is 2. The van der Waals surface area contributed by atoms with E-state index < -0.39 is 0 Å². The highest BCUT2D eigenvalue weighted by Gasteiger charge is 2.22. The van der Waals surface area contributed by atoms with E-state index in [0.29, 0.717) is 13.0 Å². The number of hydrogen-bond acceptors (Lipinski definition) is 4. The molecular weight excluding hydrogens is 316 g/mol. The summed E-state index contributed by atoms with van der Waals surface area (Å²) in [6.07, 6.45) is 4.48. The van der Waals surface area contributed by atoms with Crippen LogP contribution in [0.15, 0.2) is 60.9 Å². The second-order valence-corrected chi connectivity index (χ2v) is 6.02. The zero-order valence-electron chi connectivity index (χ0n) is 14.1. The predicted octanol–water partition coefficient (Wildman–Crippen LogP) is 3.32. The van der Waals surface area contributed by atoms with Gasteiger partial charge in [0.15, 0.2) is 11.5 Å². The van der Waals surface area contributed by atoms with Gasteiger partial charge < -0.3 is 18.8 Å². The molecule has 1 atom stereocenters. The van der Waals surface area contributed by atoms with Crippen molar-refractivity contribution in [1.29, 1.82) is 0 Å². The van der Waals surface area contributed by atoms with Crippen molar-refractivity contribution in [3.8, 4) is 17.2 Å². The third-order valence-corrected chi connectivity index (χ3v) is 4.27. The first kappa shape index (κ1) is 15.6. The molecule has 5 nitrogen and oxygen atoms in total. The molecule has 4 rings (SSSR count). The lowest BCUT2D eigenvalue weighted by atomic mass is 10.2. The number of ether oxygens (including phenoxy) is 3. The van der Waals surface area contributed by atoms with Gasteiger partial charge in [-0.15, -0.1) is 0 Å². The molecule has 0 radical (unpaired) electrons. The van der Waals surface area contributed by atoms with Crippen LogP contribution >= 0.6 is 0 Å². The molecule has 0 N–H and O–H groups in total. The van der Waals surface area contributed by atoms with Crippen LogP contribution < -0.4 is 14.2 Å². The summed E-state index contributed by atoms with van der Waals surface area (Å²) in [5.74, 6) is 3.44. The Morgan fingerprint density at radius 3 is 2.92 bits per heavy atom. The van der Waals surface area contributed by atoms with Crippen LogP contribution in [0.2, 0.25) is 0 Å². The van der Waals surface area contributed by atoms with Crippen molar-refractivity contribution in [1.82, 2.24) is 9.55 Å². The lowest BCUT2D eigenvalue weighted by Gasteiger charge is -2.26. The number of methoxy groups -OCH3 is 1. The first-order valence-corrected chi connectivity index (χ1v) is 8.33. The highest BCUT2D eigenvalue weighted by molar-refractivity contribution is 5.40. The Labute approximate surface area is 146 Å². The second-order valence-electron chi connectivity index (χ2n) is 6.02. The van der Waals surface area contributed by atoms with Crippen LogP contribution in [0, 0.1) is 0 Å². The summed E-state index contributed by atoms with van der Waals surface area (Å²) in [4.78, 5) is 4.50. The summed E-state index contributed by atoms with van der Waals surface area (Å²) in [7, 11) is 1.68. The molecule has 3 aromatic rings. The van der Waals surface area contributed by atoms with E-state index in [9.17, 15) is 0 Å². The van der Waals surface area contributed by atoms with Gasteiger partial charge in [0, 0.05) is 25.4 Å². The van der Waals surface area contributed by atoms with Crippen molar-refractivity contribution in [3.63, 3.8) is 0 Å². The highest BCUT2D eigenvalue weighted by atomic mass is 16.6. The largest absolute Gasteiger partial charge is 0.497 e. The lowest BCUT2D eigenvalue weighted by molar-refractivity contribution is 0.0893. The molecule has 1 aliphatic rings. The van der Waals surface area contributed by atoms with Gasteiger partial charge in [0.1, 0.15) is 24.3 Å². The minimum Gasteiger partial charge on any atom is -0.497 e. The molecule has 128 valence electrons. The minimum absolute atomic E-state index is 0.0404. The maximum absolute atomic E-state index is 6.05. The number of fused-ring (bicyclic) bond motifs is 1. The van der Waals surface area contributed by atoms with Crippen molar-refractivity contribution in [2.24, 2.45) is 0 Å². The van der Waals surface area contributed by atoms with Crippen LogP contribution in [0.1, 0.15) is 11.4 Å². The average Bonchev–Trinajstić information content (AvgIpc) is 3.08. The standard InChI is InChI=1S/C20H20N2O3/c1-23-16-6-4-5-15(11-16)13-22-10-9-21-20(22)12-17-14-24-18-7-2-3-8-19(18)25-17/h2-11,17H,12-14H2,1H3. The Kier molecular flexibility index (Phi) is 4.29. The fourth-order valence-electron chi connectivity index (χ4n) is 3.01. The van der Waals surface area contributed by atoms with Crippen molar-refractivity contribution in [2.45, 2.75) is 19.1 Å². The fraction of sp³-hybridized carbons (Fsp3) is 0.250. The highest BCUT2D eigenvalue weighted by Crippen LogP contribution is 2.31. The molecule has 0 spiro atoms. The van der Waals surface area contributed by atoms with Gasteiger partial charge in [-0.3, -0.25) is 0 Å². The maximum Gasteiger partial charge on any atom is 0.161 e. The summed E-state index contributed by atoms with van der Waals surface area (Å²) >= 11 is 0. The number of hydrogen-bond donors (Lipinski definition) is 0. The average molecular weight is 336 g/mol.